The first-order valence-corrected chi connectivity index (χ1v) is 8.22. The summed E-state index contributed by atoms with van der Waals surface area (Å²) in [5, 5.41) is 0.0781. The fourth-order valence-corrected chi connectivity index (χ4v) is 3.50. The van der Waals surface area contributed by atoms with Crippen LogP contribution >= 0.6 is 0 Å². The van der Waals surface area contributed by atoms with Gasteiger partial charge in [-0.25, -0.2) is 18.1 Å². The van der Waals surface area contributed by atoms with Gasteiger partial charge in [-0.3, -0.25) is 4.79 Å². The molecule has 1 aliphatic rings. The van der Waals surface area contributed by atoms with E-state index in [1.54, 1.807) is 4.90 Å². The summed E-state index contributed by atoms with van der Waals surface area (Å²) in [6, 6.07) is -0.244. The molecule has 0 aromatic carbocycles. The minimum atomic E-state index is -3.60. The van der Waals surface area contributed by atoms with Crippen LogP contribution in [0.5, 0.6) is 0 Å². The number of nitrogens with one attached hydrogen (secondary N) is 2. The molecule has 2 rings (SSSR count). The quantitative estimate of drug-likeness (QED) is 0.834. The Morgan fingerprint density at radius 3 is 2.95 bits per heavy atom. The Hall–Kier alpha value is -1.41. The lowest BCUT2D eigenvalue weighted by molar-refractivity contribution is -0.130. The molecule has 1 aromatic heterocycles. The van der Waals surface area contributed by atoms with Crippen molar-refractivity contribution in [2.24, 2.45) is 0 Å². The summed E-state index contributed by atoms with van der Waals surface area (Å²) in [5.74, 6) is 0.614. The highest BCUT2D eigenvalue weighted by molar-refractivity contribution is 7.89. The summed E-state index contributed by atoms with van der Waals surface area (Å²) < 4.78 is 27.1. The molecule has 1 unspecified atom stereocenters. The number of rotatable bonds is 4. The van der Waals surface area contributed by atoms with Crippen molar-refractivity contribution in [2.45, 2.75) is 44.2 Å². The van der Waals surface area contributed by atoms with Gasteiger partial charge < -0.3 is 9.88 Å². The number of likely N-dealkylation sites (tertiary alicyclic amines) is 1. The number of H-pyrrole nitrogens is 1. The molecule has 1 aromatic rings. The maximum atomic E-state index is 12.2. The van der Waals surface area contributed by atoms with Gasteiger partial charge in [0.25, 0.3) is 10.0 Å². The Morgan fingerprint density at radius 2 is 2.35 bits per heavy atom. The Balaban J connectivity index is 2.06. The third kappa shape index (κ3) is 3.37. The van der Waals surface area contributed by atoms with Crippen molar-refractivity contribution in [2.75, 3.05) is 13.1 Å². The molecule has 0 spiro atoms. The van der Waals surface area contributed by atoms with Crippen molar-refractivity contribution < 1.29 is 13.2 Å². The highest BCUT2D eigenvalue weighted by Crippen LogP contribution is 2.14. The molecule has 2 heterocycles. The average Bonchev–Trinajstić information content (AvgIpc) is 2.88. The zero-order valence-electron chi connectivity index (χ0n) is 11.7. The monoisotopic (exact) mass is 300 g/mol. The number of aromatic amines is 1. The van der Waals surface area contributed by atoms with Gasteiger partial charge in [-0.1, -0.05) is 6.92 Å². The fourth-order valence-electron chi connectivity index (χ4n) is 2.30. The van der Waals surface area contributed by atoms with E-state index in [-0.39, 0.29) is 17.0 Å². The second-order valence-electron chi connectivity index (χ2n) is 4.97. The van der Waals surface area contributed by atoms with Gasteiger partial charge in [0.05, 0.1) is 6.20 Å². The van der Waals surface area contributed by atoms with E-state index in [4.69, 9.17) is 0 Å². The van der Waals surface area contributed by atoms with E-state index in [0.29, 0.717) is 25.3 Å². The van der Waals surface area contributed by atoms with Gasteiger partial charge in [-0.15, -0.1) is 0 Å². The van der Waals surface area contributed by atoms with Crippen LogP contribution in [0.15, 0.2) is 11.2 Å². The van der Waals surface area contributed by atoms with Gasteiger partial charge in [-0.05, 0) is 12.8 Å². The molecule has 2 N–H and O–H groups in total. The molecule has 1 fully saturated rings. The van der Waals surface area contributed by atoms with Crippen LogP contribution in [0.4, 0.5) is 0 Å². The van der Waals surface area contributed by atoms with E-state index in [1.165, 1.54) is 13.1 Å². The number of nitrogens with zero attached hydrogens (tertiary/aromatic N) is 2. The van der Waals surface area contributed by atoms with Gasteiger partial charge in [0.15, 0.2) is 5.03 Å². The SMILES string of the molecule is CCc1ncc(S(=O)(=O)NC2CCCN(C(C)=O)C2)[nH]1. The molecule has 1 amide bonds. The molecule has 8 heteroatoms. The van der Waals surface area contributed by atoms with E-state index < -0.39 is 10.0 Å². The fraction of sp³-hybridized carbons (Fsp3) is 0.667. The largest absolute Gasteiger partial charge is 0.341 e. The number of amides is 1. The average molecular weight is 300 g/mol. The van der Waals surface area contributed by atoms with Crippen molar-refractivity contribution in [1.29, 1.82) is 0 Å². The minimum Gasteiger partial charge on any atom is -0.341 e. The first-order chi connectivity index (χ1) is 9.42. The normalized spacial score (nSPS) is 20.1. The summed E-state index contributed by atoms with van der Waals surface area (Å²) in [6.45, 7) is 4.51. The molecule has 1 saturated heterocycles. The molecule has 0 radical (unpaired) electrons. The lowest BCUT2D eigenvalue weighted by Gasteiger charge is -2.32. The number of hydrogen-bond acceptors (Lipinski definition) is 4. The smallest absolute Gasteiger partial charge is 0.257 e. The van der Waals surface area contributed by atoms with E-state index in [0.717, 1.165) is 12.8 Å². The summed E-state index contributed by atoms with van der Waals surface area (Å²) >= 11 is 0. The maximum absolute atomic E-state index is 12.2. The van der Waals surface area contributed by atoms with Crippen LogP contribution in [0, 0.1) is 0 Å². The Bertz CT molecular complexity index is 581. The molecule has 0 bridgehead atoms. The first kappa shape index (κ1) is 15.0. The lowest BCUT2D eigenvalue weighted by atomic mass is 10.1. The molecular weight excluding hydrogens is 280 g/mol. The van der Waals surface area contributed by atoms with Gasteiger partial charge in [0.1, 0.15) is 5.82 Å². The lowest BCUT2D eigenvalue weighted by Crippen LogP contribution is -2.49. The topological polar surface area (TPSA) is 95.2 Å². The van der Waals surface area contributed by atoms with Crippen LogP contribution in [0.2, 0.25) is 0 Å². The third-order valence-electron chi connectivity index (χ3n) is 3.42. The van der Waals surface area contributed by atoms with Crippen molar-refractivity contribution in [3.8, 4) is 0 Å². The maximum Gasteiger partial charge on any atom is 0.257 e. The number of aryl methyl sites for hydroxylation is 1. The highest BCUT2D eigenvalue weighted by Gasteiger charge is 2.27. The van der Waals surface area contributed by atoms with Gasteiger partial charge in [0.2, 0.25) is 5.91 Å². The molecule has 7 nitrogen and oxygen atoms in total. The number of carbonyl (C=O) groups excluding carboxylic acids is 1. The van der Waals surface area contributed by atoms with Crippen molar-refractivity contribution in [1.82, 2.24) is 19.6 Å². The number of aromatic nitrogens is 2. The summed E-state index contributed by atoms with van der Waals surface area (Å²) in [6.07, 6.45) is 3.51. The highest BCUT2D eigenvalue weighted by atomic mass is 32.2. The summed E-state index contributed by atoms with van der Waals surface area (Å²) in [5.41, 5.74) is 0. The predicted octanol–water partition coefficient (Wildman–Crippen LogP) is 0.261. The zero-order valence-corrected chi connectivity index (χ0v) is 12.5. The van der Waals surface area contributed by atoms with E-state index in [2.05, 4.69) is 14.7 Å². The van der Waals surface area contributed by atoms with Crippen LogP contribution in [0.1, 0.15) is 32.5 Å². The van der Waals surface area contributed by atoms with E-state index in [1.807, 2.05) is 6.92 Å². The number of piperidine rings is 1. The third-order valence-corrected chi connectivity index (χ3v) is 4.85. The zero-order chi connectivity index (χ0) is 14.8. The molecule has 0 saturated carbocycles. The number of sulfonamides is 1. The standard InChI is InChI=1S/C12H20N4O3S/c1-3-11-13-7-12(14-11)20(18,19)15-10-5-4-6-16(8-10)9(2)17/h7,10,15H,3-6,8H2,1-2H3,(H,13,14). The minimum absolute atomic E-state index is 0.0243. The van der Waals surface area contributed by atoms with Crippen LogP contribution in [-0.4, -0.2) is 48.3 Å². The summed E-state index contributed by atoms with van der Waals surface area (Å²) in [7, 11) is -3.60. The van der Waals surface area contributed by atoms with Crippen LogP contribution in [-0.2, 0) is 21.2 Å². The molecule has 20 heavy (non-hydrogen) atoms. The predicted molar refractivity (Wildman–Crippen MR) is 73.6 cm³/mol. The van der Waals surface area contributed by atoms with Crippen molar-refractivity contribution in [3.05, 3.63) is 12.0 Å². The first-order valence-electron chi connectivity index (χ1n) is 6.74. The Morgan fingerprint density at radius 1 is 1.60 bits per heavy atom. The van der Waals surface area contributed by atoms with Crippen molar-refractivity contribution in [3.63, 3.8) is 0 Å². The number of hydrogen-bond donors (Lipinski definition) is 2. The van der Waals surface area contributed by atoms with Gasteiger partial charge in [-0.2, -0.15) is 0 Å². The van der Waals surface area contributed by atoms with Gasteiger partial charge >= 0.3 is 0 Å². The molecule has 112 valence electrons. The summed E-state index contributed by atoms with van der Waals surface area (Å²) in [4.78, 5) is 19.8. The second kappa shape index (κ2) is 5.92. The molecule has 0 aliphatic carbocycles. The molecular formula is C12H20N4O3S. The number of imidazole rings is 1. The van der Waals surface area contributed by atoms with Crippen LogP contribution in [0.3, 0.4) is 0 Å². The van der Waals surface area contributed by atoms with Crippen molar-refractivity contribution >= 4 is 15.9 Å². The number of carbonyl (C=O) groups is 1. The van der Waals surface area contributed by atoms with E-state index in [9.17, 15) is 13.2 Å². The Labute approximate surface area is 118 Å². The molecule has 1 aliphatic heterocycles. The Kier molecular flexibility index (Phi) is 4.44. The van der Waals surface area contributed by atoms with Crippen LogP contribution < -0.4 is 4.72 Å². The molecule has 1 atom stereocenters. The second-order valence-corrected chi connectivity index (χ2v) is 6.66. The van der Waals surface area contributed by atoms with Gasteiger partial charge in [0, 0.05) is 32.5 Å². The van der Waals surface area contributed by atoms with Crippen LogP contribution in [0.25, 0.3) is 0 Å². The van der Waals surface area contributed by atoms with E-state index >= 15 is 0 Å².